The Hall–Kier alpha value is -0.930. The van der Waals surface area contributed by atoms with Crippen molar-refractivity contribution in [3.05, 3.63) is 35.1 Å². The molecule has 2 rings (SSSR count). The number of hydrogen-bond donors (Lipinski definition) is 1. The second-order valence-electron chi connectivity index (χ2n) is 5.90. The fourth-order valence-corrected chi connectivity index (χ4v) is 2.61. The summed E-state index contributed by atoms with van der Waals surface area (Å²) in [6.07, 6.45) is 1.19. The maximum Gasteiger partial charge on any atom is 0.126 e. The molecule has 1 fully saturated rings. The molecule has 0 aromatic heterocycles. The average molecular weight is 265 g/mol. The van der Waals surface area contributed by atoms with Crippen molar-refractivity contribution in [2.24, 2.45) is 11.8 Å². The lowest BCUT2D eigenvalue weighted by molar-refractivity contribution is 0.0902. The van der Waals surface area contributed by atoms with Crippen LogP contribution >= 0.6 is 0 Å². The van der Waals surface area contributed by atoms with Crippen molar-refractivity contribution in [3.63, 3.8) is 0 Å². The van der Waals surface area contributed by atoms with Crippen LogP contribution in [0, 0.1) is 24.6 Å². The molecular weight excluding hydrogens is 241 g/mol. The van der Waals surface area contributed by atoms with Crippen LogP contribution in [0.4, 0.5) is 4.39 Å². The Labute approximate surface area is 115 Å². The summed E-state index contributed by atoms with van der Waals surface area (Å²) in [5.41, 5.74) is 1.80. The molecule has 3 heteroatoms. The Morgan fingerprint density at radius 1 is 1.42 bits per heavy atom. The molecule has 19 heavy (non-hydrogen) atoms. The molecule has 1 aliphatic heterocycles. The molecule has 1 aliphatic rings. The summed E-state index contributed by atoms with van der Waals surface area (Å²) < 4.78 is 19.2. The zero-order chi connectivity index (χ0) is 13.8. The second-order valence-corrected chi connectivity index (χ2v) is 5.90. The van der Waals surface area contributed by atoms with Gasteiger partial charge in [-0.2, -0.15) is 0 Å². The number of halogens is 1. The standard InChI is InChI=1S/C16H24FNO/c1-11(2)9-18-10-14-6-7-19-16(14)13-4-5-15(17)12(3)8-13/h4-5,8,11,14,16,18H,6-7,9-10H2,1-3H3. The summed E-state index contributed by atoms with van der Waals surface area (Å²) in [6, 6.07) is 5.32. The predicted octanol–water partition coefficient (Wildman–Crippen LogP) is 3.46. The molecule has 0 saturated carbocycles. The van der Waals surface area contributed by atoms with Crippen LogP contribution in [-0.4, -0.2) is 19.7 Å². The van der Waals surface area contributed by atoms with Crippen molar-refractivity contribution in [1.82, 2.24) is 5.32 Å². The van der Waals surface area contributed by atoms with Gasteiger partial charge in [0.05, 0.1) is 6.10 Å². The lowest BCUT2D eigenvalue weighted by atomic mass is 9.94. The highest BCUT2D eigenvalue weighted by atomic mass is 19.1. The van der Waals surface area contributed by atoms with Crippen LogP contribution in [0.5, 0.6) is 0 Å². The molecule has 1 heterocycles. The molecule has 1 saturated heterocycles. The van der Waals surface area contributed by atoms with Crippen LogP contribution in [0.2, 0.25) is 0 Å². The van der Waals surface area contributed by atoms with Gasteiger partial charge in [-0.3, -0.25) is 0 Å². The number of ether oxygens (including phenoxy) is 1. The van der Waals surface area contributed by atoms with Gasteiger partial charge >= 0.3 is 0 Å². The third-order valence-electron chi connectivity index (χ3n) is 3.68. The van der Waals surface area contributed by atoms with Crippen LogP contribution in [0.1, 0.15) is 37.5 Å². The van der Waals surface area contributed by atoms with E-state index < -0.39 is 0 Å². The molecule has 1 N–H and O–H groups in total. The molecule has 0 radical (unpaired) electrons. The van der Waals surface area contributed by atoms with Crippen molar-refractivity contribution in [1.29, 1.82) is 0 Å². The van der Waals surface area contributed by atoms with Crippen LogP contribution in [0.3, 0.4) is 0 Å². The van der Waals surface area contributed by atoms with E-state index in [1.807, 2.05) is 12.1 Å². The highest BCUT2D eigenvalue weighted by molar-refractivity contribution is 5.26. The van der Waals surface area contributed by atoms with Crippen LogP contribution in [0.15, 0.2) is 18.2 Å². The van der Waals surface area contributed by atoms with Crippen molar-refractivity contribution in [2.75, 3.05) is 19.7 Å². The number of nitrogens with one attached hydrogen (secondary N) is 1. The van der Waals surface area contributed by atoms with Crippen LogP contribution in [0.25, 0.3) is 0 Å². The van der Waals surface area contributed by atoms with E-state index in [0.717, 1.165) is 31.7 Å². The third-order valence-corrected chi connectivity index (χ3v) is 3.68. The van der Waals surface area contributed by atoms with Gasteiger partial charge in [0.2, 0.25) is 0 Å². The molecule has 2 nitrogen and oxygen atoms in total. The lowest BCUT2D eigenvalue weighted by Gasteiger charge is -2.20. The van der Waals surface area contributed by atoms with Crippen molar-refractivity contribution in [3.8, 4) is 0 Å². The van der Waals surface area contributed by atoms with Gasteiger partial charge in [0.1, 0.15) is 5.82 Å². The summed E-state index contributed by atoms with van der Waals surface area (Å²) >= 11 is 0. The quantitative estimate of drug-likeness (QED) is 0.880. The maximum atomic E-state index is 13.3. The summed E-state index contributed by atoms with van der Waals surface area (Å²) in [5, 5.41) is 3.50. The molecule has 0 aliphatic carbocycles. The minimum absolute atomic E-state index is 0.110. The molecule has 106 valence electrons. The van der Waals surface area contributed by atoms with Crippen molar-refractivity contribution < 1.29 is 9.13 Å². The molecule has 0 bridgehead atoms. The predicted molar refractivity (Wildman–Crippen MR) is 75.6 cm³/mol. The number of benzene rings is 1. The fourth-order valence-electron chi connectivity index (χ4n) is 2.61. The fraction of sp³-hybridized carbons (Fsp3) is 0.625. The maximum absolute atomic E-state index is 13.3. The summed E-state index contributed by atoms with van der Waals surface area (Å²) in [6.45, 7) is 9.03. The minimum atomic E-state index is -0.142. The Kier molecular flexibility index (Phi) is 4.94. The monoisotopic (exact) mass is 265 g/mol. The second kappa shape index (κ2) is 6.49. The molecule has 0 spiro atoms. The first-order valence-electron chi connectivity index (χ1n) is 7.16. The lowest BCUT2D eigenvalue weighted by Crippen LogP contribution is -2.28. The van der Waals surface area contributed by atoms with Gasteiger partial charge in [0.15, 0.2) is 0 Å². The molecule has 2 atom stereocenters. The summed E-state index contributed by atoms with van der Waals surface area (Å²) in [4.78, 5) is 0. The Balaban J connectivity index is 1.99. The van der Waals surface area contributed by atoms with Crippen molar-refractivity contribution in [2.45, 2.75) is 33.3 Å². The average Bonchev–Trinajstić information content (AvgIpc) is 2.80. The number of rotatable bonds is 5. The van der Waals surface area contributed by atoms with E-state index in [9.17, 15) is 4.39 Å². The number of aryl methyl sites for hydroxylation is 1. The zero-order valence-electron chi connectivity index (χ0n) is 12.1. The summed E-state index contributed by atoms with van der Waals surface area (Å²) in [7, 11) is 0. The van der Waals surface area contributed by atoms with E-state index in [1.165, 1.54) is 0 Å². The summed E-state index contributed by atoms with van der Waals surface area (Å²) in [5.74, 6) is 1.01. The van der Waals surface area contributed by atoms with Crippen LogP contribution < -0.4 is 5.32 Å². The zero-order valence-corrected chi connectivity index (χ0v) is 12.1. The van der Waals surface area contributed by atoms with Gasteiger partial charge < -0.3 is 10.1 Å². The Morgan fingerprint density at radius 2 is 2.21 bits per heavy atom. The van der Waals surface area contributed by atoms with Gasteiger partial charge in [0.25, 0.3) is 0 Å². The van der Waals surface area contributed by atoms with E-state index in [2.05, 4.69) is 19.2 Å². The van der Waals surface area contributed by atoms with Crippen LogP contribution in [-0.2, 0) is 4.74 Å². The minimum Gasteiger partial charge on any atom is -0.373 e. The van der Waals surface area contributed by atoms with Gasteiger partial charge in [-0.15, -0.1) is 0 Å². The first-order chi connectivity index (χ1) is 9.08. The van der Waals surface area contributed by atoms with E-state index in [1.54, 1.807) is 13.0 Å². The first kappa shape index (κ1) is 14.5. The van der Waals surface area contributed by atoms with Crippen molar-refractivity contribution >= 4 is 0 Å². The number of hydrogen-bond acceptors (Lipinski definition) is 2. The molecule has 0 amide bonds. The third kappa shape index (κ3) is 3.77. The van der Waals surface area contributed by atoms with E-state index in [0.29, 0.717) is 17.4 Å². The highest BCUT2D eigenvalue weighted by Crippen LogP contribution is 2.34. The van der Waals surface area contributed by atoms with Gasteiger partial charge in [0, 0.05) is 19.1 Å². The molecular formula is C16H24FNO. The molecule has 2 unspecified atom stereocenters. The smallest absolute Gasteiger partial charge is 0.126 e. The molecule has 1 aromatic rings. The largest absolute Gasteiger partial charge is 0.373 e. The van der Waals surface area contributed by atoms with E-state index >= 15 is 0 Å². The highest BCUT2D eigenvalue weighted by Gasteiger charge is 2.29. The van der Waals surface area contributed by atoms with Gasteiger partial charge in [-0.1, -0.05) is 26.0 Å². The first-order valence-corrected chi connectivity index (χ1v) is 7.16. The van der Waals surface area contributed by atoms with Gasteiger partial charge in [-0.05, 0) is 43.0 Å². The van der Waals surface area contributed by atoms with Gasteiger partial charge in [-0.25, -0.2) is 4.39 Å². The normalized spacial score (nSPS) is 23.2. The molecule has 1 aromatic carbocycles. The van der Waals surface area contributed by atoms with E-state index in [-0.39, 0.29) is 11.9 Å². The van der Waals surface area contributed by atoms with E-state index in [4.69, 9.17) is 4.74 Å². The Bertz CT molecular complexity index is 419. The topological polar surface area (TPSA) is 21.3 Å². The Morgan fingerprint density at radius 3 is 2.89 bits per heavy atom. The SMILES string of the molecule is Cc1cc(C2OCCC2CNCC(C)C)ccc1F.